The molecule has 88 valence electrons. The predicted molar refractivity (Wildman–Crippen MR) is 59.1 cm³/mol. The van der Waals surface area contributed by atoms with Crippen LogP contribution in [0.4, 0.5) is 0 Å². The Kier molecular flexibility index (Phi) is 2.74. The standard InChI is InChI=1S/C11H8BrNO4/c1-5(11(16)17)13-9(14)7-3-2-6(12)4-8(7)10(13)15/h2-5H,1H3,(H,16,17)/p-1/t5-/m0/s1. The van der Waals surface area contributed by atoms with Gasteiger partial charge in [-0.3, -0.25) is 14.5 Å². The molecule has 1 aromatic carbocycles. The van der Waals surface area contributed by atoms with Crippen LogP contribution < -0.4 is 5.11 Å². The SMILES string of the molecule is C[C@@H](C(=O)[O-])N1C(=O)c2ccc(Br)cc2C1=O. The summed E-state index contributed by atoms with van der Waals surface area (Å²) in [5, 5.41) is 10.7. The van der Waals surface area contributed by atoms with Crippen LogP contribution in [0.15, 0.2) is 22.7 Å². The summed E-state index contributed by atoms with van der Waals surface area (Å²) in [4.78, 5) is 35.2. The molecule has 1 aliphatic rings. The van der Waals surface area contributed by atoms with E-state index < -0.39 is 23.8 Å². The smallest absolute Gasteiger partial charge is 0.262 e. The normalized spacial score (nSPS) is 16.0. The van der Waals surface area contributed by atoms with Gasteiger partial charge in [-0.2, -0.15) is 0 Å². The summed E-state index contributed by atoms with van der Waals surface area (Å²) in [6.45, 7) is 1.24. The molecular formula is C11H7BrNO4-. The van der Waals surface area contributed by atoms with Crippen molar-refractivity contribution >= 4 is 33.7 Å². The Morgan fingerprint density at radius 3 is 2.47 bits per heavy atom. The topological polar surface area (TPSA) is 77.5 Å². The van der Waals surface area contributed by atoms with E-state index in [4.69, 9.17) is 0 Å². The highest BCUT2D eigenvalue weighted by Gasteiger charge is 2.38. The molecule has 0 unspecified atom stereocenters. The highest BCUT2D eigenvalue weighted by molar-refractivity contribution is 9.10. The summed E-state index contributed by atoms with van der Waals surface area (Å²) >= 11 is 3.19. The Bertz CT molecular complexity index is 540. The van der Waals surface area contributed by atoms with Crippen molar-refractivity contribution in [1.29, 1.82) is 0 Å². The van der Waals surface area contributed by atoms with E-state index in [1.54, 1.807) is 6.07 Å². The van der Waals surface area contributed by atoms with Gasteiger partial charge < -0.3 is 9.90 Å². The molecule has 5 nitrogen and oxygen atoms in total. The van der Waals surface area contributed by atoms with Gasteiger partial charge in [-0.1, -0.05) is 15.9 Å². The van der Waals surface area contributed by atoms with Crippen molar-refractivity contribution in [2.75, 3.05) is 0 Å². The third-order valence-corrected chi connectivity index (χ3v) is 3.10. The van der Waals surface area contributed by atoms with Gasteiger partial charge >= 0.3 is 0 Å². The average molecular weight is 297 g/mol. The highest BCUT2D eigenvalue weighted by atomic mass is 79.9. The van der Waals surface area contributed by atoms with Crippen LogP contribution in [0.25, 0.3) is 0 Å². The van der Waals surface area contributed by atoms with Gasteiger partial charge in [0.25, 0.3) is 11.8 Å². The van der Waals surface area contributed by atoms with Gasteiger partial charge in [-0.05, 0) is 25.1 Å². The number of fused-ring (bicyclic) bond motifs is 1. The number of benzene rings is 1. The van der Waals surface area contributed by atoms with E-state index in [0.29, 0.717) is 9.37 Å². The van der Waals surface area contributed by atoms with E-state index in [1.165, 1.54) is 19.1 Å². The van der Waals surface area contributed by atoms with Crippen molar-refractivity contribution in [3.63, 3.8) is 0 Å². The van der Waals surface area contributed by atoms with Crippen molar-refractivity contribution in [3.05, 3.63) is 33.8 Å². The lowest BCUT2D eigenvalue weighted by molar-refractivity contribution is -0.309. The maximum atomic E-state index is 11.9. The Hall–Kier alpha value is -1.69. The number of carbonyl (C=O) groups is 3. The lowest BCUT2D eigenvalue weighted by Gasteiger charge is -2.22. The largest absolute Gasteiger partial charge is 0.548 e. The number of halogens is 1. The van der Waals surface area contributed by atoms with Gasteiger partial charge in [0, 0.05) is 4.47 Å². The summed E-state index contributed by atoms with van der Waals surface area (Å²) in [6, 6.07) is 3.33. The molecule has 2 amide bonds. The molecule has 0 saturated heterocycles. The highest BCUT2D eigenvalue weighted by Crippen LogP contribution is 2.27. The fraction of sp³-hybridized carbons (Fsp3) is 0.182. The van der Waals surface area contributed by atoms with Crippen molar-refractivity contribution in [1.82, 2.24) is 4.90 Å². The molecule has 2 rings (SSSR count). The number of carboxylic acid groups (broad SMARTS) is 1. The van der Waals surface area contributed by atoms with Crippen molar-refractivity contribution in [3.8, 4) is 0 Å². The Labute approximate surface area is 105 Å². The predicted octanol–water partition coefficient (Wildman–Crippen LogP) is 0.183. The molecule has 17 heavy (non-hydrogen) atoms. The zero-order valence-corrected chi connectivity index (χ0v) is 10.4. The monoisotopic (exact) mass is 296 g/mol. The number of hydrogen-bond acceptors (Lipinski definition) is 4. The van der Waals surface area contributed by atoms with E-state index in [2.05, 4.69) is 15.9 Å². The third kappa shape index (κ3) is 1.74. The summed E-state index contributed by atoms with van der Waals surface area (Å²) in [5.74, 6) is -2.67. The second-order valence-electron chi connectivity index (χ2n) is 3.67. The number of imide groups is 1. The van der Waals surface area contributed by atoms with E-state index >= 15 is 0 Å². The van der Waals surface area contributed by atoms with E-state index in [9.17, 15) is 19.5 Å². The Morgan fingerprint density at radius 2 is 1.88 bits per heavy atom. The van der Waals surface area contributed by atoms with Crippen LogP contribution in [0.3, 0.4) is 0 Å². The summed E-state index contributed by atoms with van der Waals surface area (Å²) in [5.41, 5.74) is 0.420. The van der Waals surface area contributed by atoms with E-state index in [1.807, 2.05) is 0 Å². The first kappa shape index (κ1) is 11.8. The van der Waals surface area contributed by atoms with Crippen LogP contribution in [0.1, 0.15) is 27.6 Å². The Morgan fingerprint density at radius 1 is 1.29 bits per heavy atom. The number of rotatable bonds is 2. The first-order valence-corrected chi connectivity index (χ1v) is 5.61. The minimum atomic E-state index is -1.46. The number of carbonyl (C=O) groups excluding carboxylic acids is 3. The molecule has 1 aromatic rings. The number of carboxylic acids is 1. The van der Waals surface area contributed by atoms with E-state index in [-0.39, 0.29) is 11.1 Å². The van der Waals surface area contributed by atoms with Crippen molar-refractivity contribution in [2.24, 2.45) is 0 Å². The van der Waals surface area contributed by atoms with Gasteiger partial charge in [0.1, 0.15) is 0 Å². The van der Waals surface area contributed by atoms with Gasteiger partial charge in [-0.15, -0.1) is 0 Å². The number of hydrogen-bond donors (Lipinski definition) is 0. The van der Waals surface area contributed by atoms with Crippen molar-refractivity contribution in [2.45, 2.75) is 13.0 Å². The van der Waals surface area contributed by atoms with Crippen molar-refractivity contribution < 1.29 is 19.5 Å². The molecule has 1 atom stereocenters. The van der Waals surface area contributed by atoms with E-state index in [0.717, 1.165) is 0 Å². The molecule has 1 heterocycles. The molecule has 0 bridgehead atoms. The van der Waals surface area contributed by atoms with Crippen LogP contribution in [0.5, 0.6) is 0 Å². The molecule has 1 aliphatic heterocycles. The molecule has 0 radical (unpaired) electrons. The number of nitrogens with zero attached hydrogens (tertiary/aromatic N) is 1. The fourth-order valence-electron chi connectivity index (χ4n) is 1.69. The average Bonchev–Trinajstić information content (AvgIpc) is 2.50. The maximum Gasteiger partial charge on any atom is 0.262 e. The van der Waals surface area contributed by atoms with Gasteiger partial charge in [-0.25, -0.2) is 0 Å². The molecule has 0 fully saturated rings. The minimum absolute atomic E-state index is 0.206. The van der Waals surface area contributed by atoms with Crippen LogP contribution in [0, 0.1) is 0 Å². The molecule has 6 heteroatoms. The Balaban J connectivity index is 2.49. The van der Waals surface area contributed by atoms with Crippen LogP contribution in [-0.2, 0) is 4.79 Å². The summed E-state index contributed by atoms with van der Waals surface area (Å²) in [7, 11) is 0. The van der Waals surface area contributed by atoms with Gasteiger partial charge in [0.05, 0.1) is 23.1 Å². The quantitative estimate of drug-likeness (QED) is 0.730. The van der Waals surface area contributed by atoms with Crippen LogP contribution in [-0.4, -0.2) is 28.7 Å². The lowest BCUT2D eigenvalue weighted by atomic mass is 10.1. The molecular weight excluding hydrogens is 290 g/mol. The molecule has 0 aliphatic carbocycles. The minimum Gasteiger partial charge on any atom is -0.548 e. The second kappa shape index (κ2) is 3.96. The zero-order valence-electron chi connectivity index (χ0n) is 8.77. The second-order valence-corrected chi connectivity index (χ2v) is 4.58. The summed E-state index contributed by atoms with van der Waals surface area (Å²) in [6.07, 6.45) is 0. The van der Waals surface area contributed by atoms with Crippen LogP contribution >= 0.6 is 15.9 Å². The fourth-order valence-corrected chi connectivity index (χ4v) is 2.05. The first-order valence-electron chi connectivity index (χ1n) is 4.81. The third-order valence-electron chi connectivity index (χ3n) is 2.61. The van der Waals surface area contributed by atoms with Gasteiger partial charge in [0.15, 0.2) is 0 Å². The lowest BCUT2D eigenvalue weighted by Crippen LogP contribution is -2.48. The molecule has 0 spiro atoms. The summed E-state index contributed by atoms with van der Waals surface area (Å²) < 4.78 is 0.653. The first-order chi connectivity index (χ1) is 7.93. The molecule has 0 aromatic heterocycles. The van der Waals surface area contributed by atoms with Gasteiger partial charge in [0.2, 0.25) is 0 Å². The maximum absolute atomic E-state index is 11.9. The molecule has 0 N–H and O–H groups in total. The zero-order chi connectivity index (χ0) is 12.7. The number of aliphatic carboxylic acids is 1. The van der Waals surface area contributed by atoms with Crippen LogP contribution in [0.2, 0.25) is 0 Å². The number of amides is 2. The molecule has 0 saturated carbocycles.